The van der Waals surface area contributed by atoms with Gasteiger partial charge >= 0.3 is 0 Å². The third kappa shape index (κ3) is 4.88. The number of rotatable bonds is 5. The standard InChI is InChI=1S/C18H15FN2O2S/c1-2-5-17(9-8-16-6-3-4-7-18(16)19)24(22,23)21-14-15-10-12-20-13-11-15/h2-7,10-13,21H,1,14H2/b17-5-. The highest BCUT2D eigenvalue weighted by atomic mass is 32.2. The number of aromatic nitrogens is 1. The van der Waals surface area contributed by atoms with Gasteiger partial charge in [-0.2, -0.15) is 0 Å². The van der Waals surface area contributed by atoms with Crippen molar-refractivity contribution in [2.24, 2.45) is 0 Å². The third-order valence-corrected chi connectivity index (χ3v) is 4.31. The lowest BCUT2D eigenvalue weighted by atomic mass is 10.2. The first-order chi connectivity index (χ1) is 11.5. The van der Waals surface area contributed by atoms with Crippen LogP contribution in [0.1, 0.15) is 11.1 Å². The monoisotopic (exact) mass is 342 g/mol. The van der Waals surface area contributed by atoms with Gasteiger partial charge in [0, 0.05) is 18.9 Å². The Labute approximate surface area is 140 Å². The summed E-state index contributed by atoms with van der Waals surface area (Å²) in [5.41, 5.74) is 0.880. The average molecular weight is 342 g/mol. The molecule has 4 nitrogen and oxygen atoms in total. The smallest absolute Gasteiger partial charge is 0.248 e. The van der Waals surface area contributed by atoms with Crippen molar-refractivity contribution in [3.63, 3.8) is 0 Å². The van der Waals surface area contributed by atoms with E-state index in [9.17, 15) is 12.8 Å². The highest BCUT2D eigenvalue weighted by Gasteiger charge is 2.15. The molecule has 1 N–H and O–H groups in total. The van der Waals surface area contributed by atoms with Gasteiger partial charge in [0.05, 0.1) is 5.56 Å². The Hall–Kier alpha value is -2.75. The highest BCUT2D eigenvalue weighted by Crippen LogP contribution is 2.08. The van der Waals surface area contributed by atoms with Gasteiger partial charge in [-0.15, -0.1) is 0 Å². The van der Waals surface area contributed by atoms with E-state index in [0.29, 0.717) is 0 Å². The largest absolute Gasteiger partial charge is 0.265 e. The lowest BCUT2D eigenvalue weighted by Crippen LogP contribution is -2.24. The van der Waals surface area contributed by atoms with Crippen LogP contribution in [0.4, 0.5) is 4.39 Å². The van der Waals surface area contributed by atoms with E-state index in [1.807, 2.05) is 0 Å². The predicted molar refractivity (Wildman–Crippen MR) is 91.6 cm³/mol. The van der Waals surface area contributed by atoms with Crippen LogP contribution in [0, 0.1) is 17.7 Å². The third-order valence-electron chi connectivity index (χ3n) is 2.97. The summed E-state index contributed by atoms with van der Waals surface area (Å²) < 4.78 is 40.7. The van der Waals surface area contributed by atoms with Crippen molar-refractivity contribution in [1.82, 2.24) is 9.71 Å². The zero-order valence-corrected chi connectivity index (χ0v) is 13.6. The van der Waals surface area contributed by atoms with Crippen LogP contribution >= 0.6 is 0 Å². The summed E-state index contributed by atoms with van der Waals surface area (Å²) >= 11 is 0. The maximum atomic E-state index is 13.6. The van der Waals surface area contributed by atoms with Crippen molar-refractivity contribution in [1.29, 1.82) is 0 Å². The number of benzene rings is 1. The highest BCUT2D eigenvalue weighted by molar-refractivity contribution is 7.93. The molecule has 0 fully saturated rings. The number of nitrogens with one attached hydrogen (secondary N) is 1. The van der Waals surface area contributed by atoms with Crippen LogP contribution in [0.5, 0.6) is 0 Å². The minimum Gasteiger partial charge on any atom is -0.265 e. The van der Waals surface area contributed by atoms with Crippen LogP contribution in [0.2, 0.25) is 0 Å². The summed E-state index contributed by atoms with van der Waals surface area (Å²) in [5, 5.41) is 0. The van der Waals surface area contributed by atoms with Crippen molar-refractivity contribution in [3.8, 4) is 11.8 Å². The zero-order chi connectivity index (χ0) is 17.4. The van der Waals surface area contributed by atoms with Gasteiger partial charge in [-0.05, 0) is 41.8 Å². The lowest BCUT2D eigenvalue weighted by Gasteiger charge is -2.06. The fraction of sp³-hybridized carbons (Fsp3) is 0.0556. The van der Waals surface area contributed by atoms with E-state index in [-0.39, 0.29) is 17.0 Å². The molecule has 0 amide bonds. The summed E-state index contributed by atoms with van der Waals surface area (Å²) in [4.78, 5) is 3.68. The predicted octanol–water partition coefficient (Wildman–Crippen LogP) is 2.76. The molecule has 6 heteroatoms. The number of sulfonamides is 1. The summed E-state index contributed by atoms with van der Waals surface area (Å²) in [7, 11) is -3.84. The minimum atomic E-state index is -3.84. The molecule has 0 saturated carbocycles. The molecule has 0 aliphatic heterocycles. The fourth-order valence-electron chi connectivity index (χ4n) is 1.75. The second-order valence-corrected chi connectivity index (χ2v) is 6.41. The molecule has 0 unspecified atom stereocenters. The van der Waals surface area contributed by atoms with Gasteiger partial charge < -0.3 is 0 Å². The number of halogens is 1. The van der Waals surface area contributed by atoms with E-state index < -0.39 is 15.8 Å². The molecular weight excluding hydrogens is 327 g/mol. The Morgan fingerprint density at radius 3 is 2.62 bits per heavy atom. The molecule has 1 aromatic carbocycles. The maximum absolute atomic E-state index is 13.6. The van der Waals surface area contributed by atoms with Gasteiger partial charge in [0.1, 0.15) is 10.7 Å². The first kappa shape index (κ1) is 17.6. The molecule has 0 radical (unpaired) electrons. The zero-order valence-electron chi connectivity index (χ0n) is 12.7. The van der Waals surface area contributed by atoms with Crippen molar-refractivity contribution in [3.05, 3.63) is 89.4 Å². The summed E-state index contributed by atoms with van der Waals surface area (Å²) in [5.74, 6) is 4.51. The van der Waals surface area contributed by atoms with E-state index in [2.05, 4.69) is 28.1 Å². The summed E-state index contributed by atoms with van der Waals surface area (Å²) in [6.45, 7) is 3.58. The maximum Gasteiger partial charge on any atom is 0.248 e. The Bertz CT molecular complexity index is 911. The Morgan fingerprint density at radius 2 is 1.96 bits per heavy atom. The van der Waals surface area contributed by atoms with E-state index in [4.69, 9.17) is 0 Å². The van der Waals surface area contributed by atoms with Crippen LogP contribution in [0.15, 0.2) is 72.4 Å². The molecule has 2 rings (SSSR count). The van der Waals surface area contributed by atoms with Gasteiger partial charge in [-0.25, -0.2) is 17.5 Å². The van der Waals surface area contributed by atoms with Crippen LogP contribution in [0.25, 0.3) is 0 Å². The second-order valence-electron chi connectivity index (χ2n) is 4.68. The van der Waals surface area contributed by atoms with E-state index >= 15 is 0 Å². The number of hydrogen-bond acceptors (Lipinski definition) is 3. The van der Waals surface area contributed by atoms with Gasteiger partial charge in [0.2, 0.25) is 10.0 Å². The Morgan fingerprint density at radius 1 is 1.25 bits per heavy atom. The molecule has 0 bridgehead atoms. The summed E-state index contributed by atoms with van der Waals surface area (Å²) in [6.07, 6.45) is 5.73. The molecule has 0 atom stereocenters. The van der Waals surface area contributed by atoms with Crippen LogP contribution in [-0.2, 0) is 16.6 Å². The second kappa shape index (κ2) is 8.20. The topological polar surface area (TPSA) is 59.1 Å². The lowest BCUT2D eigenvalue weighted by molar-refractivity contribution is 0.589. The molecule has 122 valence electrons. The van der Waals surface area contributed by atoms with Gasteiger partial charge in [0.15, 0.2) is 0 Å². The van der Waals surface area contributed by atoms with Crippen molar-refractivity contribution in [2.45, 2.75) is 6.54 Å². The quantitative estimate of drug-likeness (QED) is 0.671. The summed E-state index contributed by atoms with van der Waals surface area (Å²) in [6, 6.07) is 9.30. The van der Waals surface area contributed by atoms with Crippen LogP contribution in [-0.4, -0.2) is 13.4 Å². The van der Waals surface area contributed by atoms with E-state index in [1.54, 1.807) is 30.6 Å². The molecule has 2 aromatic rings. The van der Waals surface area contributed by atoms with Crippen molar-refractivity contribution >= 4 is 10.0 Å². The molecule has 1 aromatic heterocycles. The normalized spacial score (nSPS) is 11.5. The average Bonchev–Trinajstić information content (AvgIpc) is 2.59. The van der Waals surface area contributed by atoms with E-state index in [0.717, 1.165) is 5.56 Å². The number of hydrogen-bond donors (Lipinski definition) is 1. The molecule has 0 spiro atoms. The molecule has 24 heavy (non-hydrogen) atoms. The first-order valence-corrected chi connectivity index (χ1v) is 8.49. The number of allylic oxidation sites excluding steroid dienone is 3. The molecular formula is C18H15FN2O2S. The Balaban J connectivity index is 2.22. The van der Waals surface area contributed by atoms with Crippen molar-refractivity contribution < 1.29 is 12.8 Å². The van der Waals surface area contributed by atoms with E-state index in [1.165, 1.54) is 30.4 Å². The van der Waals surface area contributed by atoms with Crippen molar-refractivity contribution in [2.75, 3.05) is 0 Å². The molecule has 0 aliphatic carbocycles. The fourth-order valence-corrected chi connectivity index (χ4v) is 2.73. The van der Waals surface area contributed by atoms with Gasteiger partial charge in [-0.1, -0.05) is 30.7 Å². The molecule has 1 heterocycles. The number of nitrogens with zero attached hydrogens (tertiary/aromatic N) is 1. The molecule has 0 saturated heterocycles. The SMILES string of the molecule is C=C/C=C(/C#Cc1ccccc1F)S(=O)(=O)NCc1ccncc1. The Kier molecular flexibility index (Phi) is 6.01. The molecule has 0 aliphatic rings. The van der Waals surface area contributed by atoms with Crippen LogP contribution < -0.4 is 4.72 Å². The van der Waals surface area contributed by atoms with Gasteiger partial charge in [0.25, 0.3) is 0 Å². The van der Waals surface area contributed by atoms with Crippen LogP contribution in [0.3, 0.4) is 0 Å². The first-order valence-electron chi connectivity index (χ1n) is 7.01. The number of pyridine rings is 1. The minimum absolute atomic E-state index is 0.0979. The van der Waals surface area contributed by atoms with Gasteiger partial charge in [-0.3, -0.25) is 4.98 Å².